The molecule has 0 spiro atoms. The molecule has 1 heterocycles. The molecule has 0 saturated heterocycles. The van der Waals surface area contributed by atoms with Gasteiger partial charge in [0.15, 0.2) is 6.61 Å². The van der Waals surface area contributed by atoms with Crippen LogP contribution in [0.4, 0.5) is 13.2 Å². The molecule has 2 aromatic carbocycles. The molecule has 0 fully saturated rings. The Bertz CT molecular complexity index is 1270. The molecule has 3 aromatic rings. The number of benzene rings is 2. The van der Waals surface area contributed by atoms with Crippen molar-refractivity contribution in [3.05, 3.63) is 70.9 Å². The van der Waals surface area contributed by atoms with Crippen molar-refractivity contribution in [1.29, 1.82) is 0 Å². The zero-order chi connectivity index (χ0) is 24.3. The summed E-state index contributed by atoms with van der Waals surface area (Å²) in [4.78, 5) is 29.4. The van der Waals surface area contributed by atoms with Crippen LogP contribution in [0.2, 0.25) is 0 Å². The van der Waals surface area contributed by atoms with E-state index in [4.69, 9.17) is 14.5 Å². The molecule has 1 aliphatic rings. The lowest BCUT2D eigenvalue weighted by atomic mass is 10.0. The third-order valence-electron chi connectivity index (χ3n) is 5.42. The Morgan fingerprint density at radius 3 is 2.53 bits per heavy atom. The number of ether oxygens (including phenoxy) is 2. The Morgan fingerprint density at radius 1 is 1.09 bits per heavy atom. The lowest BCUT2D eigenvalue weighted by molar-refractivity contribution is -0.140. The number of carbonyl (C=O) groups is 2. The van der Waals surface area contributed by atoms with Crippen molar-refractivity contribution in [2.24, 2.45) is 0 Å². The first kappa shape index (κ1) is 23.3. The summed E-state index contributed by atoms with van der Waals surface area (Å²) in [5.74, 6) is -1.06. The van der Waals surface area contributed by atoms with Crippen molar-refractivity contribution in [1.82, 2.24) is 10.3 Å². The van der Waals surface area contributed by atoms with Gasteiger partial charge in [0.25, 0.3) is 5.91 Å². The summed E-state index contributed by atoms with van der Waals surface area (Å²) in [7, 11) is 1.59. The minimum absolute atomic E-state index is 0.280. The molecule has 6 nitrogen and oxygen atoms in total. The second-order valence-corrected chi connectivity index (χ2v) is 7.74. The lowest BCUT2D eigenvalue weighted by Gasteiger charge is -2.13. The summed E-state index contributed by atoms with van der Waals surface area (Å²) in [6, 6.07) is 14.6. The molecule has 1 aliphatic carbocycles. The maximum Gasteiger partial charge on any atom is 0.405 e. The minimum atomic E-state index is -4.55. The van der Waals surface area contributed by atoms with Crippen LogP contribution in [0.25, 0.3) is 22.6 Å². The van der Waals surface area contributed by atoms with Gasteiger partial charge in [-0.1, -0.05) is 30.3 Å². The Balaban J connectivity index is 1.63. The van der Waals surface area contributed by atoms with E-state index in [9.17, 15) is 22.8 Å². The maximum absolute atomic E-state index is 13.0. The first-order chi connectivity index (χ1) is 16.2. The van der Waals surface area contributed by atoms with Gasteiger partial charge in [-0.25, -0.2) is 9.78 Å². The Labute approximate surface area is 193 Å². The minimum Gasteiger partial charge on any atom is -0.497 e. The number of nitrogens with zero attached hydrogens (tertiary/aromatic N) is 1. The van der Waals surface area contributed by atoms with Crippen LogP contribution in [-0.4, -0.2) is 43.3 Å². The number of para-hydroxylation sites is 1. The number of halogens is 3. The predicted molar refractivity (Wildman–Crippen MR) is 120 cm³/mol. The molecule has 1 amide bonds. The number of esters is 1. The van der Waals surface area contributed by atoms with E-state index in [1.165, 1.54) is 0 Å². The number of pyridine rings is 1. The number of methoxy groups -OCH3 is 1. The highest BCUT2D eigenvalue weighted by molar-refractivity contribution is 6.07. The van der Waals surface area contributed by atoms with E-state index in [0.717, 1.165) is 16.9 Å². The van der Waals surface area contributed by atoms with Crippen molar-refractivity contribution in [3.63, 3.8) is 0 Å². The summed E-state index contributed by atoms with van der Waals surface area (Å²) >= 11 is 0. The van der Waals surface area contributed by atoms with Gasteiger partial charge in [-0.05, 0) is 53.8 Å². The molecule has 1 N–H and O–H groups in total. The Hall–Kier alpha value is -3.88. The highest BCUT2D eigenvalue weighted by Crippen LogP contribution is 2.38. The SMILES string of the molecule is COc1ccc(/C=C2\CCc3c2nc2ccccc2c3C(=O)OCC(=O)NCC(F)(F)F)cc1. The topological polar surface area (TPSA) is 77.5 Å². The van der Waals surface area contributed by atoms with Crippen LogP contribution in [0.1, 0.15) is 33.6 Å². The molecule has 9 heteroatoms. The van der Waals surface area contributed by atoms with Gasteiger partial charge in [0.05, 0.1) is 23.9 Å². The lowest BCUT2D eigenvalue weighted by Crippen LogP contribution is -2.36. The Kier molecular flexibility index (Phi) is 6.54. The van der Waals surface area contributed by atoms with Crippen LogP contribution in [0.3, 0.4) is 0 Å². The molecule has 34 heavy (non-hydrogen) atoms. The summed E-state index contributed by atoms with van der Waals surface area (Å²) in [6.45, 7) is -2.30. The number of aromatic nitrogens is 1. The van der Waals surface area contributed by atoms with Gasteiger partial charge in [-0.15, -0.1) is 0 Å². The number of carbonyl (C=O) groups excluding carboxylic acids is 2. The molecular formula is C25H21F3N2O4. The maximum atomic E-state index is 13.0. The molecule has 0 bridgehead atoms. The van der Waals surface area contributed by atoms with E-state index in [0.29, 0.717) is 35.0 Å². The number of nitrogens with one attached hydrogen (secondary N) is 1. The summed E-state index contributed by atoms with van der Waals surface area (Å²) in [6.07, 6.45) is -1.36. The number of hydrogen-bond acceptors (Lipinski definition) is 5. The van der Waals surface area contributed by atoms with Crippen LogP contribution in [0, 0.1) is 0 Å². The van der Waals surface area contributed by atoms with Gasteiger partial charge in [0.1, 0.15) is 12.3 Å². The Morgan fingerprint density at radius 2 is 1.82 bits per heavy atom. The molecule has 0 saturated carbocycles. The molecule has 0 radical (unpaired) electrons. The number of rotatable bonds is 6. The molecular weight excluding hydrogens is 449 g/mol. The molecule has 176 valence electrons. The van der Waals surface area contributed by atoms with Crippen molar-refractivity contribution < 1.29 is 32.2 Å². The van der Waals surface area contributed by atoms with Crippen LogP contribution < -0.4 is 10.1 Å². The summed E-state index contributed by atoms with van der Waals surface area (Å²) in [5.41, 5.74) is 4.12. The van der Waals surface area contributed by atoms with Gasteiger partial charge in [0, 0.05) is 5.39 Å². The second kappa shape index (κ2) is 9.54. The third kappa shape index (κ3) is 5.19. The number of amides is 1. The standard InChI is InChI=1S/C25H21F3N2O4/c1-33-17-9-6-15(7-10-17)12-16-8-11-19-22(18-4-2-3-5-20(18)30-23(16)19)24(32)34-13-21(31)29-14-25(26,27)28/h2-7,9-10,12H,8,11,13-14H2,1H3,(H,29,31)/b16-12+. The van der Waals surface area contributed by atoms with E-state index in [1.807, 2.05) is 30.3 Å². The quantitative estimate of drug-likeness (QED) is 0.535. The van der Waals surface area contributed by atoms with Crippen molar-refractivity contribution in [2.75, 3.05) is 20.3 Å². The average molecular weight is 470 g/mol. The van der Waals surface area contributed by atoms with Gasteiger partial charge in [0.2, 0.25) is 0 Å². The summed E-state index contributed by atoms with van der Waals surface area (Å²) in [5, 5.41) is 2.25. The third-order valence-corrected chi connectivity index (χ3v) is 5.42. The van der Waals surface area contributed by atoms with Gasteiger partial charge < -0.3 is 14.8 Å². The smallest absolute Gasteiger partial charge is 0.405 e. The van der Waals surface area contributed by atoms with E-state index in [-0.39, 0.29) is 5.56 Å². The van der Waals surface area contributed by atoms with Crippen LogP contribution in [0.15, 0.2) is 48.5 Å². The number of fused-ring (bicyclic) bond motifs is 2. The van der Waals surface area contributed by atoms with E-state index in [1.54, 1.807) is 36.7 Å². The highest BCUT2D eigenvalue weighted by Gasteiger charge is 2.29. The number of allylic oxidation sites excluding steroid dienone is 1. The molecule has 0 aliphatic heterocycles. The van der Waals surface area contributed by atoms with Crippen LogP contribution >= 0.6 is 0 Å². The molecule has 1 aromatic heterocycles. The van der Waals surface area contributed by atoms with E-state index < -0.39 is 31.2 Å². The first-order valence-corrected chi connectivity index (χ1v) is 10.5. The largest absolute Gasteiger partial charge is 0.497 e. The average Bonchev–Trinajstić information content (AvgIpc) is 3.21. The van der Waals surface area contributed by atoms with Crippen LogP contribution in [-0.2, 0) is 16.0 Å². The van der Waals surface area contributed by atoms with Crippen LogP contribution in [0.5, 0.6) is 5.75 Å². The van der Waals surface area contributed by atoms with Crippen molar-refractivity contribution in [3.8, 4) is 5.75 Å². The van der Waals surface area contributed by atoms with Gasteiger partial charge in [-0.2, -0.15) is 13.2 Å². The van der Waals surface area contributed by atoms with Gasteiger partial charge >= 0.3 is 12.1 Å². The zero-order valence-corrected chi connectivity index (χ0v) is 18.2. The van der Waals surface area contributed by atoms with Crippen molar-refractivity contribution >= 4 is 34.4 Å². The van der Waals surface area contributed by atoms with E-state index in [2.05, 4.69) is 0 Å². The molecule has 0 unspecified atom stereocenters. The predicted octanol–water partition coefficient (Wildman–Crippen LogP) is 4.57. The van der Waals surface area contributed by atoms with Gasteiger partial charge in [-0.3, -0.25) is 4.79 Å². The number of alkyl halides is 3. The number of hydrogen-bond donors (Lipinski definition) is 1. The van der Waals surface area contributed by atoms with Crippen molar-refractivity contribution in [2.45, 2.75) is 19.0 Å². The normalized spacial score (nSPS) is 14.2. The zero-order valence-electron chi connectivity index (χ0n) is 18.2. The highest BCUT2D eigenvalue weighted by atomic mass is 19.4. The summed E-state index contributed by atoms with van der Waals surface area (Å²) < 4.78 is 47.2. The molecule has 4 rings (SSSR count). The first-order valence-electron chi connectivity index (χ1n) is 10.5. The fourth-order valence-corrected chi connectivity index (χ4v) is 3.87. The monoisotopic (exact) mass is 470 g/mol. The second-order valence-electron chi connectivity index (χ2n) is 7.74. The molecule has 0 atom stereocenters. The fraction of sp³-hybridized carbons (Fsp3) is 0.240. The van der Waals surface area contributed by atoms with E-state index >= 15 is 0 Å². The fourth-order valence-electron chi connectivity index (χ4n) is 3.87.